The molecule has 9 heteroatoms. The van der Waals surface area contributed by atoms with Crippen molar-refractivity contribution in [3.63, 3.8) is 0 Å². The van der Waals surface area contributed by atoms with Crippen LogP contribution in [-0.2, 0) is 11.3 Å². The van der Waals surface area contributed by atoms with Gasteiger partial charge in [-0.3, -0.25) is 0 Å². The number of rotatable bonds is 5. The molecule has 3 rings (SSSR count). The lowest BCUT2D eigenvalue weighted by molar-refractivity contribution is 0.0462. The van der Waals surface area contributed by atoms with Crippen molar-refractivity contribution >= 4 is 35.2 Å². The van der Waals surface area contributed by atoms with Gasteiger partial charge in [-0.1, -0.05) is 11.6 Å². The van der Waals surface area contributed by atoms with Crippen molar-refractivity contribution in [1.82, 2.24) is 15.0 Å². The Kier molecular flexibility index (Phi) is 5.23. The van der Waals surface area contributed by atoms with E-state index in [1.165, 1.54) is 24.3 Å². The Labute approximate surface area is 153 Å². The number of ether oxygens (including phenoxy) is 1. The van der Waals surface area contributed by atoms with E-state index < -0.39 is 5.97 Å². The van der Waals surface area contributed by atoms with Gasteiger partial charge in [0.1, 0.15) is 5.82 Å². The SMILES string of the molecule is Nc1nc(COC(=O)c2ccc(Cl)cc2)nc(Nc2ccc(F)cc2)n1. The summed E-state index contributed by atoms with van der Waals surface area (Å²) in [5.41, 5.74) is 6.57. The minimum absolute atomic E-state index is 0.0397. The molecule has 0 aliphatic carbocycles. The molecule has 0 atom stereocenters. The molecule has 1 aromatic heterocycles. The number of nitrogens with one attached hydrogen (secondary N) is 1. The van der Waals surface area contributed by atoms with Crippen molar-refractivity contribution in [3.05, 3.63) is 70.8 Å². The fraction of sp³-hybridized carbons (Fsp3) is 0.0588. The first kappa shape index (κ1) is 17.6. The number of carbonyl (C=O) groups is 1. The molecular formula is C17H13ClFN5O2. The first-order chi connectivity index (χ1) is 12.5. The third-order valence-electron chi connectivity index (χ3n) is 3.21. The molecule has 0 saturated heterocycles. The Balaban J connectivity index is 1.68. The van der Waals surface area contributed by atoms with Gasteiger partial charge in [-0.15, -0.1) is 0 Å². The molecule has 0 radical (unpaired) electrons. The lowest BCUT2D eigenvalue weighted by Gasteiger charge is -2.08. The zero-order chi connectivity index (χ0) is 18.5. The van der Waals surface area contributed by atoms with Gasteiger partial charge in [0.25, 0.3) is 0 Å². The summed E-state index contributed by atoms with van der Waals surface area (Å²) in [4.78, 5) is 24.0. The highest BCUT2D eigenvalue weighted by atomic mass is 35.5. The van der Waals surface area contributed by atoms with E-state index in [0.29, 0.717) is 16.3 Å². The van der Waals surface area contributed by atoms with Crippen LogP contribution in [0, 0.1) is 5.82 Å². The van der Waals surface area contributed by atoms with E-state index in [4.69, 9.17) is 22.1 Å². The molecule has 26 heavy (non-hydrogen) atoms. The summed E-state index contributed by atoms with van der Waals surface area (Å²) < 4.78 is 18.1. The van der Waals surface area contributed by atoms with E-state index in [0.717, 1.165) is 0 Å². The number of nitrogens with two attached hydrogens (primary N) is 1. The number of nitrogens with zero attached hydrogens (tertiary/aromatic N) is 3. The van der Waals surface area contributed by atoms with Gasteiger partial charge in [-0.2, -0.15) is 15.0 Å². The summed E-state index contributed by atoms with van der Waals surface area (Å²) in [6.07, 6.45) is 0. The van der Waals surface area contributed by atoms with Crippen LogP contribution < -0.4 is 11.1 Å². The maximum atomic E-state index is 12.9. The standard InChI is InChI=1S/C17H13ClFN5O2/c18-11-3-1-10(2-4-11)15(25)26-9-14-22-16(20)24-17(23-14)21-13-7-5-12(19)6-8-13/h1-8H,9H2,(H3,20,21,22,23,24). The second-order valence-corrected chi connectivity index (χ2v) is 5.58. The second kappa shape index (κ2) is 7.75. The number of benzene rings is 2. The smallest absolute Gasteiger partial charge is 0.338 e. The molecule has 0 fully saturated rings. The molecule has 0 unspecified atom stereocenters. The number of halogens is 2. The fourth-order valence-corrected chi connectivity index (χ4v) is 2.15. The zero-order valence-electron chi connectivity index (χ0n) is 13.3. The van der Waals surface area contributed by atoms with Crippen molar-refractivity contribution in [2.75, 3.05) is 11.1 Å². The number of hydrogen-bond donors (Lipinski definition) is 2. The molecule has 3 N–H and O–H groups in total. The van der Waals surface area contributed by atoms with Gasteiger partial charge < -0.3 is 15.8 Å². The maximum absolute atomic E-state index is 12.9. The summed E-state index contributed by atoms with van der Waals surface area (Å²) in [5, 5.41) is 3.39. The van der Waals surface area contributed by atoms with Crippen LogP contribution >= 0.6 is 11.6 Å². The second-order valence-electron chi connectivity index (χ2n) is 5.15. The van der Waals surface area contributed by atoms with Crippen LogP contribution in [-0.4, -0.2) is 20.9 Å². The van der Waals surface area contributed by atoms with Crippen molar-refractivity contribution in [1.29, 1.82) is 0 Å². The predicted octanol–water partition coefficient (Wildman–Crippen LogP) is 3.35. The van der Waals surface area contributed by atoms with Crippen molar-refractivity contribution in [2.45, 2.75) is 6.61 Å². The third-order valence-corrected chi connectivity index (χ3v) is 3.46. The molecule has 7 nitrogen and oxygen atoms in total. The summed E-state index contributed by atoms with van der Waals surface area (Å²) in [6.45, 7) is -0.188. The minimum atomic E-state index is -0.548. The van der Waals surface area contributed by atoms with E-state index in [9.17, 15) is 9.18 Å². The van der Waals surface area contributed by atoms with E-state index in [1.807, 2.05) is 0 Å². The first-order valence-electron chi connectivity index (χ1n) is 7.45. The number of anilines is 3. The predicted molar refractivity (Wildman–Crippen MR) is 94.5 cm³/mol. The van der Waals surface area contributed by atoms with Crippen LogP contribution in [0.2, 0.25) is 5.02 Å². The molecule has 132 valence electrons. The van der Waals surface area contributed by atoms with Crippen molar-refractivity contribution in [3.8, 4) is 0 Å². The van der Waals surface area contributed by atoms with Crippen LogP contribution in [0.1, 0.15) is 16.2 Å². The highest BCUT2D eigenvalue weighted by Crippen LogP contribution is 2.15. The largest absolute Gasteiger partial charge is 0.454 e. The third kappa shape index (κ3) is 4.64. The van der Waals surface area contributed by atoms with E-state index in [1.54, 1.807) is 24.3 Å². The van der Waals surface area contributed by atoms with Crippen LogP contribution in [0.25, 0.3) is 0 Å². The molecule has 0 aliphatic heterocycles. The molecular weight excluding hydrogens is 361 g/mol. The molecule has 0 amide bonds. The summed E-state index contributed by atoms with van der Waals surface area (Å²) in [5.74, 6) is -0.623. The molecule has 0 spiro atoms. The van der Waals surface area contributed by atoms with Gasteiger partial charge >= 0.3 is 5.97 Å². The van der Waals surface area contributed by atoms with Gasteiger partial charge in [0.15, 0.2) is 12.4 Å². The normalized spacial score (nSPS) is 10.4. The summed E-state index contributed by atoms with van der Waals surface area (Å²) in [7, 11) is 0. The highest BCUT2D eigenvalue weighted by Gasteiger charge is 2.10. The Hall–Kier alpha value is -3.26. The summed E-state index contributed by atoms with van der Waals surface area (Å²) in [6, 6.07) is 11.9. The van der Waals surface area contributed by atoms with Crippen LogP contribution in [0.4, 0.5) is 22.0 Å². The van der Waals surface area contributed by atoms with Crippen LogP contribution in [0.5, 0.6) is 0 Å². The Bertz CT molecular complexity index is 919. The first-order valence-corrected chi connectivity index (χ1v) is 7.83. The number of hydrogen-bond acceptors (Lipinski definition) is 7. The quantitative estimate of drug-likeness (QED) is 0.661. The van der Waals surface area contributed by atoms with Gasteiger partial charge in [0.05, 0.1) is 5.56 Å². The van der Waals surface area contributed by atoms with E-state index in [-0.39, 0.29) is 30.1 Å². The Morgan fingerprint density at radius 2 is 1.77 bits per heavy atom. The van der Waals surface area contributed by atoms with Crippen molar-refractivity contribution < 1.29 is 13.9 Å². The van der Waals surface area contributed by atoms with E-state index >= 15 is 0 Å². The molecule has 0 saturated carbocycles. The molecule has 3 aromatic rings. The number of esters is 1. The zero-order valence-corrected chi connectivity index (χ0v) is 14.1. The topological polar surface area (TPSA) is 103 Å². The average Bonchev–Trinajstić information content (AvgIpc) is 2.62. The molecule has 0 aliphatic rings. The van der Waals surface area contributed by atoms with Crippen LogP contribution in [0.3, 0.4) is 0 Å². The lowest BCUT2D eigenvalue weighted by atomic mass is 10.2. The van der Waals surface area contributed by atoms with Gasteiger partial charge in [-0.05, 0) is 48.5 Å². The molecule has 1 heterocycles. The van der Waals surface area contributed by atoms with Crippen molar-refractivity contribution in [2.24, 2.45) is 0 Å². The lowest BCUT2D eigenvalue weighted by Crippen LogP contribution is -2.11. The average molecular weight is 374 g/mol. The highest BCUT2D eigenvalue weighted by molar-refractivity contribution is 6.30. The monoisotopic (exact) mass is 373 g/mol. The van der Waals surface area contributed by atoms with Gasteiger partial charge in [0, 0.05) is 10.7 Å². The number of carbonyl (C=O) groups excluding carboxylic acids is 1. The Morgan fingerprint density at radius 3 is 2.46 bits per heavy atom. The molecule has 0 bridgehead atoms. The van der Waals surface area contributed by atoms with E-state index in [2.05, 4.69) is 20.3 Å². The number of aromatic nitrogens is 3. The Morgan fingerprint density at radius 1 is 1.08 bits per heavy atom. The van der Waals surface area contributed by atoms with Gasteiger partial charge in [0.2, 0.25) is 11.9 Å². The van der Waals surface area contributed by atoms with Crippen LogP contribution in [0.15, 0.2) is 48.5 Å². The molecule has 2 aromatic carbocycles. The van der Waals surface area contributed by atoms with Gasteiger partial charge in [-0.25, -0.2) is 9.18 Å². The maximum Gasteiger partial charge on any atom is 0.338 e. The number of nitrogen functional groups attached to an aromatic ring is 1. The minimum Gasteiger partial charge on any atom is -0.454 e. The fourth-order valence-electron chi connectivity index (χ4n) is 2.02. The summed E-state index contributed by atoms with van der Waals surface area (Å²) >= 11 is 5.78.